The first-order chi connectivity index (χ1) is 6.77. The van der Waals surface area contributed by atoms with Crippen molar-refractivity contribution >= 4 is 16.5 Å². The van der Waals surface area contributed by atoms with Crippen LogP contribution in [0.25, 0.3) is 0 Å². The number of hydrogen-bond donors (Lipinski definition) is 1. The van der Waals surface area contributed by atoms with Crippen molar-refractivity contribution in [1.29, 1.82) is 0 Å². The third kappa shape index (κ3) is 1.75. The second-order valence-electron chi connectivity index (χ2n) is 2.96. The Morgan fingerprint density at radius 2 is 2.14 bits per heavy atom. The number of benzene rings is 1. The molecular formula is C10H10FN2S+. The molecule has 1 aromatic heterocycles. The van der Waals surface area contributed by atoms with Crippen LogP contribution >= 0.6 is 11.3 Å². The lowest BCUT2D eigenvalue weighted by molar-refractivity contribution is -0.670. The number of rotatable bonds is 2. The van der Waals surface area contributed by atoms with Crippen molar-refractivity contribution in [3.63, 3.8) is 0 Å². The summed E-state index contributed by atoms with van der Waals surface area (Å²) in [4.78, 5) is 0. The average molecular weight is 209 g/mol. The molecule has 2 rings (SSSR count). The van der Waals surface area contributed by atoms with Gasteiger partial charge in [-0.05, 0) is 6.07 Å². The van der Waals surface area contributed by atoms with E-state index in [9.17, 15) is 4.39 Å². The van der Waals surface area contributed by atoms with E-state index < -0.39 is 0 Å². The molecule has 1 heterocycles. The monoisotopic (exact) mass is 209 g/mol. The fourth-order valence-electron chi connectivity index (χ4n) is 1.26. The number of hydrogen-bond acceptors (Lipinski definition) is 2. The van der Waals surface area contributed by atoms with Gasteiger partial charge in [0.05, 0.1) is 0 Å². The van der Waals surface area contributed by atoms with Crippen LogP contribution in [-0.4, -0.2) is 0 Å². The highest BCUT2D eigenvalue weighted by Gasteiger charge is 2.08. The van der Waals surface area contributed by atoms with Crippen LogP contribution in [0.15, 0.2) is 35.8 Å². The number of thiazole rings is 1. The van der Waals surface area contributed by atoms with Gasteiger partial charge in [0.1, 0.15) is 18.6 Å². The van der Waals surface area contributed by atoms with Gasteiger partial charge in [-0.15, -0.1) is 0 Å². The minimum Gasteiger partial charge on any atom is -0.278 e. The topological polar surface area (TPSA) is 29.9 Å². The molecular weight excluding hydrogens is 199 g/mol. The number of anilines is 1. The van der Waals surface area contributed by atoms with Crippen molar-refractivity contribution < 1.29 is 8.96 Å². The zero-order chi connectivity index (χ0) is 9.97. The van der Waals surface area contributed by atoms with Gasteiger partial charge in [0, 0.05) is 10.9 Å². The molecule has 2 aromatic rings. The Morgan fingerprint density at radius 3 is 2.79 bits per heavy atom. The van der Waals surface area contributed by atoms with E-state index in [4.69, 9.17) is 5.73 Å². The Bertz CT molecular complexity index is 439. The molecule has 0 unspecified atom stereocenters. The molecule has 0 aliphatic carbocycles. The zero-order valence-electron chi connectivity index (χ0n) is 7.48. The maximum Gasteiger partial charge on any atom is 0.331 e. The maximum absolute atomic E-state index is 13.3. The van der Waals surface area contributed by atoms with E-state index in [0.29, 0.717) is 17.2 Å². The van der Waals surface area contributed by atoms with E-state index >= 15 is 0 Å². The van der Waals surface area contributed by atoms with Crippen LogP contribution < -0.4 is 10.3 Å². The van der Waals surface area contributed by atoms with E-state index in [2.05, 4.69) is 0 Å². The van der Waals surface area contributed by atoms with Gasteiger partial charge in [-0.2, -0.15) is 0 Å². The molecule has 0 atom stereocenters. The third-order valence-electron chi connectivity index (χ3n) is 2.01. The van der Waals surface area contributed by atoms with Crippen molar-refractivity contribution in [3.8, 4) is 0 Å². The van der Waals surface area contributed by atoms with Crippen LogP contribution in [0.1, 0.15) is 5.56 Å². The van der Waals surface area contributed by atoms with Crippen molar-refractivity contribution in [2.24, 2.45) is 0 Å². The maximum atomic E-state index is 13.3. The van der Waals surface area contributed by atoms with E-state index in [0.717, 1.165) is 0 Å². The molecule has 0 fully saturated rings. The molecule has 0 saturated heterocycles. The minimum atomic E-state index is -0.189. The highest BCUT2D eigenvalue weighted by Crippen LogP contribution is 2.08. The van der Waals surface area contributed by atoms with Gasteiger partial charge < -0.3 is 0 Å². The van der Waals surface area contributed by atoms with Crippen molar-refractivity contribution in [1.82, 2.24) is 0 Å². The van der Waals surface area contributed by atoms with Crippen LogP contribution in [0.4, 0.5) is 9.52 Å². The summed E-state index contributed by atoms with van der Waals surface area (Å²) in [7, 11) is 0. The fourth-order valence-corrected chi connectivity index (χ4v) is 1.86. The van der Waals surface area contributed by atoms with Gasteiger partial charge in [-0.25, -0.2) is 8.96 Å². The lowest BCUT2D eigenvalue weighted by Gasteiger charge is -2.00. The summed E-state index contributed by atoms with van der Waals surface area (Å²) in [5.41, 5.74) is 6.35. The number of halogens is 1. The van der Waals surface area contributed by atoms with E-state index in [1.54, 1.807) is 12.1 Å². The van der Waals surface area contributed by atoms with Crippen LogP contribution in [0, 0.1) is 5.82 Å². The summed E-state index contributed by atoms with van der Waals surface area (Å²) in [5.74, 6) is -0.189. The van der Waals surface area contributed by atoms with Gasteiger partial charge in [-0.3, -0.25) is 5.73 Å². The lowest BCUT2D eigenvalue weighted by atomic mass is 10.2. The van der Waals surface area contributed by atoms with Crippen LogP contribution in [0.3, 0.4) is 0 Å². The summed E-state index contributed by atoms with van der Waals surface area (Å²) in [6, 6.07) is 6.72. The van der Waals surface area contributed by atoms with Crippen molar-refractivity contribution in [2.75, 3.05) is 5.73 Å². The highest BCUT2D eigenvalue weighted by molar-refractivity contribution is 7.12. The number of aromatic nitrogens is 1. The van der Waals surface area contributed by atoms with Gasteiger partial charge in [0.15, 0.2) is 0 Å². The number of nitrogen functional groups attached to an aromatic ring is 1. The number of nitrogens with zero attached hydrogens (tertiary/aromatic N) is 1. The molecule has 2 nitrogen and oxygen atoms in total. The molecule has 2 N–H and O–H groups in total. The van der Waals surface area contributed by atoms with Crippen LogP contribution in [-0.2, 0) is 6.54 Å². The van der Waals surface area contributed by atoms with Crippen molar-refractivity contribution in [2.45, 2.75) is 6.54 Å². The highest BCUT2D eigenvalue weighted by atomic mass is 32.1. The number of nitrogens with two attached hydrogens (primary N) is 1. The molecule has 0 amide bonds. The summed E-state index contributed by atoms with van der Waals surface area (Å²) >= 11 is 1.45. The smallest absolute Gasteiger partial charge is 0.278 e. The first-order valence-electron chi connectivity index (χ1n) is 4.23. The Kier molecular flexibility index (Phi) is 2.45. The fraction of sp³-hybridized carbons (Fsp3) is 0.100. The second kappa shape index (κ2) is 3.75. The standard InChI is InChI=1S/C10H9FN2S/c11-9-4-2-1-3-8(9)7-13-5-6-14-10(13)12/h1-6,12H,7H2/p+1. The van der Waals surface area contributed by atoms with E-state index in [1.807, 2.05) is 22.2 Å². The summed E-state index contributed by atoms with van der Waals surface area (Å²) < 4.78 is 15.1. The summed E-state index contributed by atoms with van der Waals surface area (Å²) in [5, 5.41) is 2.57. The molecule has 0 aliphatic heterocycles. The Labute approximate surface area is 85.4 Å². The summed E-state index contributed by atoms with van der Waals surface area (Å²) in [6.07, 6.45) is 1.85. The first-order valence-corrected chi connectivity index (χ1v) is 5.11. The average Bonchev–Trinajstić information content (AvgIpc) is 2.56. The second-order valence-corrected chi connectivity index (χ2v) is 3.89. The van der Waals surface area contributed by atoms with Gasteiger partial charge in [0.25, 0.3) is 0 Å². The lowest BCUT2D eigenvalue weighted by Crippen LogP contribution is -2.34. The zero-order valence-corrected chi connectivity index (χ0v) is 8.30. The molecule has 0 bridgehead atoms. The van der Waals surface area contributed by atoms with Gasteiger partial charge in [0.2, 0.25) is 0 Å². The third-order valence-corrected chi connectivity index (χ3v) is 2.74. The molecule has 4 heteroatoms. The largest absolute Gasteiger partial charge is 0.331 e. The van der Waals surface area contributed by atoms with Crippen LogP contribution in [0.5, 0.6) is 0 Å². The molecule has 0 saturated carbocycles. The predicted molar refractivity (Wildman–Crippen MR) is 54.4 cm³/mol. The Hall–Kier alpha value is -1.42. The molecule has 0 radical (unpaired) electrons. The predicted octanol–water partition coefficient (Wildman–Crippen LogP) is 1.81. The normalized spacial score (nSPS) is 10.4. The summed E-state index contributed by atoms with van der Waals surface area (Å²) in [6.45, 7) is 0.488. The molecule has 14 heavy (non-hydrogen) atoms. The van der Waals surface area contributed by atoms with Gasteiger partial charge in [-0.1, -0.05) is 29.5 Å². The molecule has 72 valence electrons. The van der Waals surface area contributed by atoms with Crippen molar-refractivity contribution in [3.05, 3.63) is 47.2 Å². The Balaban J connectivity index is 2.28. The first kappa shape index (κ1) is 9.15. The Morgan fingerprint density at radius 1 is 1.36 bits per heavy atom. The minimum absolute atomic E-state index is 0.189. The van der Waals surface area contributed by atoms with E-state index in [-0.39, 0.29) is 5.82 Å². The molecule has 1 aromatic carbocycles. The van der Waals surface area contributed by atoms with E-state index in [1.165, 1.54) is 17.4 Å². The quantitative estimate of drug-likeness (QED) is 0.751. The van der Waals surface area contributed by atoms with Gasteiger partial charge >= 0.3 is 5.13 Å². The SMILES string of the molecule is Nc1scc[n+]1Cc1ccccc1F. The molecule has 0 aliphatic rings. The molecule has 0 spiro atoms. The van der Waals surface area contributed by atoms with Crippen LogP contribution in [0.2, 0.25) is 0 Å².